The number of nitrogens with one attached hydrogen (secondary N) is 1. The van der Waals surface area contributed by atoms with E-state index in [0.717, 1.165) is 19.7 Å². The van der Waals surface area contributed by atoms with Crippen molar-refractivity contribution in [1.29, 1.82) is 0 Å². The monoisotopic (exact) mass is 268 g/mol. The van der Waals surface area contributed by atoms with Gasteiger partial charge < -0.3 is 10.1 Å². The molecule has 0 amide bonds. The van der Waals surface area contributed by atoms with Crippen LogP contribution in [0.15, 0.2) is 0 Å². The van der Waals surface area contributed by atoms with Crippen LogP contribution in [0.2, 0.25) is 0 Å². The highest BCUT2D eigenvalue weighted by Gasteiger charge is 2.45. The Kier molecular flexibility index (Phi) is 4.91. The first-order valence-corrected chi connectivity index (χ1v) is 8.11. The van der Waals surface area contributed by atoms with Crippen LogP contribution in [-0.2, 0) is 4.74 Å². The molecule has 1 heterocycles. The quantitative estimate of drug-likeness (QED) is 0.830. The van der Waals surface area contributed by atoms with Crippen molar-refractivity contribution < 1.29 is 4.74 Å². The molecular formula is C16H32N2O. The summed E-state index contributed by atoms with van der Waals surface area (Å²) in [5.41, 5.74) is 0.709. The average molecular weight is 268 g/mol. The van der Waals surface area contributed by atoms with Crippen molar-refractivity contribution in [2.75, 3.05) is 26.2 Å². The molecule has 0 bridgehead atoms. The Morgan fingerprint density at radius 2 is 1.95 bits per heavy atom. The highest BCUT2D eigenvalue weighted by atomic mass is 16.5. The summed E-state index contributed by atoms with van der Waals surface area (Å²) in [5, 5.41) is 3.88. The van der Waals surface area contributed by atoms with Crippen LogP contribution < -0.4 is 5.32 Å². The second-order valence-corrected chi connectivity index (χ2v) is 7.03. The zero-order chi connectivity index (χ0) is 13.9. The number of ether oxygens (including phenoxy) is 1. The molecule has 3 heteroatoms. The Balaban J connectivity index is 1.96. The van der Waals surface area contributed by atoms with Gasteiger partial charge in [-0.1, -0.05) is 19.8 Å². The normalized spacial score (nSPS) is 31.4. The first-order valence-electron chi connectivity index (χ1n) is 8.11. The molecule has 1 saturated carbocycles. The zero-order valence-corrected chi connectivity index (χ0v) is 13.3. The van der Waals surface area contributed by atoms with Gasteiger partial charge in [-0.05, 0) is 40.0 Å². The highest BCUT2D eigenvalue weighted by Crippen LogP contribution is 2.36. The molecule has 2 rings (SSSR count). The van der Waals surface area contributed by atoms with Crippen molar-refractivity contribution in [1.82, 2.24) is 10.2 Å². The molecule has 1 saturated heterocycles. The van der Waals surface area contributed by atoms with Crippen molar-refractivity contribution >= 4 is 0 Å². The lowest BCUT2D eigenvalue weighted by Crippen LogP contribution is -2.68. The van der Waals surface area contributed by atoms with Crippen LogP contribution in [0.3, 0.4) is 0 Å². The van der Waals surface area contributed by atoms with E-state index in [4.69, 9.17) is 4.74 Å². The summed E-state index contributed by atoms with van der Waals surface area (Å²) < 4.78 is 5.77. The molecule has 1 atom stereocenters. The van der Waals surface area contributed by atoms with E-state index in [1.54, 1.807) is 0 Å². The predicted molar refractivity (Wildman–Crippen MR) is 80.6 cm³/mol. The van der Waals surface area contributed by atoms with E-state index in [1.165, 1.54) is 38.6 Å². The maximum atomic E-state index is 5.77. The Morgan fingerprint density at radius 3 is 2.53 bits per heavy atom. The van der Waals surface area contributed by atoms with Gasteiger partial charge >= 0.3 is 0 Å². The molecule has 0 radical (unpaired) electrons. The van der Waals surface area contributed by atoms with E-state index in [9.17, 15) is 0 Å². The molecule has 1 spiro atoms. The van der Waals surface area contributed by atoms with E-state index in [0.29, 0.717) is 17.2 Å². The lowest BCUT2D eigenvalue weighted by molar-refractivity contribution is -0.0175. The van der Waals surface area contributed by atoms with Gasteiger partial charge in [0.05, 0.1) is 12.7 Å². The number of hydrogen-bond donors (Lipinski definition) is 1. The molecule has 19 heavy (non-hydrogen) atoms. The smallest absolute Gasteiger partial charge is 0.0597 e. The van der Waals surface area contributed by atoms with Crippen molar-refractivity contribution in [3.05, 3.63) is 0 Å². The van der Waals surface area contributed by atoms with E-state index in [1.807, 2.05) is 0 Å². The maximum Gasteiger partial charge on any atom is 0.0597 e. The van der Waals surface area contributed by atoms with Crippen LogP contribution in [0, 0.1) is 0 Å². The molecular weight excluding hydrogens is 236 g/mol. The molecule has 0 aromatic rings. The fraction of sp³-hybridized carbons (Fsp3) is 1.00. The summed E-state index contributed by atoms with van der Waals surface area (Å²) >= 11 is 0. The number of nitrogens with zero attached hydrogens (tertiary/aromatic N) is 1. The largest absolute Gasteiger partial charge is 0.377 e. The minimum absolute atomic E-state index is 0.300. The van der Waals surface area contributed by atoms with Gasteiger partial charge in [-0.15, -0.1) is 0 Å². The standard InChI is InChI=1S/C16H32N2O/c1-5-15(4)12-17-16(8-6-7-9-16)13-18(15)10-11-19-14(2)3/h14,17H,5-13H2,1-4H3. The van der Waals surface area contributed by atoms with Gasteiger partial charge in [0, 0.05) is 30.7 Å². The summed E-state index contributed by atoms with van der Waals surface area (Å²) in [6.45, 7) is 13.2. The second kappa shape index (κ2) is 6.11. The molecule has 3 nitrogen and oxygen atoms in total. The van der Waals surface area contributed by atoms with Crippen LogP contribution in [0.5, 0.6) is 0 Å². The second-order valence-electron chi connectivity index (χ2n) is 7.03. The molecule has 0 aromatic heterocycles. The SMILES string of the molecule is CCC1(C)CNC2(CCCC2)CN1CCOC(C)C. The van der Waals surface area contributed by atoms with E-state index in [-0.39, 0.29) is 0 Å². The van der Waals surface area contributed by atoms with Gasteiger partial charge in [-0.25, -0.2) is 0 Å². The van der Waals surface area contributed by atoms with Crippen LogP contribution in [0.4, 0.5) is 0 Å². The summed E-state index contributed by atoms with van der Waals surface area (Å²) in [6.07, 6.45) is 7.05. The molecule has 1 aliphatic carbocycles. The number of piperazine rings is 1. The van der Waals surface area contributed by atoms with Crippen molar-refractivity contribution in [3.8, 4) is 0 Å². The third-order valence-corrected chi connectivity index (χ3v) is 5.24. The third-order valence-electron chi connectivity index (χ3n) is 5.24. The van der Waals surface area contributed by atoms with Gasteiger partial charge in [0.25, 0.3) is 0 Å². The summed E-state index contributed by atoms with van der Waals surface area (Å²) in [4.78, 5) is 2.69. The minimum atomic E-state index is 0.300. The molecule has 1 N–H and O–H groups in total. The third kappa shape index (κ3) is 3.50. The van der Waals surface area contributed by atoms with Crippen LogP contribution in [0.25, 0.3) is 0 Å². The van der Waals surface area contributed by atoms with Gasteiger partial charge in [0.15, 0.2) is 0 Å². The molecule has 2 aliphatic rings. The highest BCUT2D eigenvalue weighted by molar-refractivity contribution is 5.05. The van der Waals surface area contributed by atoms with E-state index in [2.05, 4.69) is 37.9 Å². The maximum absolute atomic E-state index is 5.77. The fourth-order valence-electron chi connectivity index (χ4n) is 3.58. The van der Waals surface area contributed by atoms with Gasteiger partial charge in [0.1, 0.15) is 0 Å². The number of rotatable bonds is 5. The molecule has 112 valence electrons. The van der Waals surface area contributed by atoms with Gasteiger partial charge in [-0.3, -0.25) is 4.90 Å². The van der Waals surface area contributed by atoms with Crippen LogP contribution in [0.1, 0.15) is 59.8 Å². The minimum Gasteiger partial charge on any atom is -0.377 e. The Hall–Kier alpha value is -0.120. The van der Waals surface area contributed by atoms with Gasteiger partial charge in [-0.2, -0.15) is 0 Å². The summed E-state index contributed by atoms with van der Waals surface area (Å²) in [6, 6.07) is 0. The zero-order valence-electron chi connectivity index (χ0n) is 13.3. The van der Waals surface area contributed by atoms with E-state index < -0.39 is 0 Å². The lowest BCUT2D eigenvalue weighted by atomic mass is 9.85. The van der Waals surface area contributed by atoms with Crippen molar-refractivity contribution in [2.24, 2.45) is 0 Å². The Bertz CT molecular complexity index is 286. The molecule has 1 aliphatic heterocycles. The number of hydrogen-bond acceptors (Lipinski definition) is 3. The average Bonchev–Trinajstić information content (AvgIpc) is 2.82. The van der Waals surface area contributed by atoms with Crippen LogP contribution in [-0.4, -0.2) is 48.3 Å². The fourth-order valence-corrected chi connectivity index (χ4v) is 3.58. The van der Waals surface area contributed by atoms with Crippen molar-refractivity contribution in [2.45, 2.75) is 77.0 Å². The van der Waals surface area contributed by atoms with Crippen LogP contribution >= 0.6 is 0 Å². The lowest BCUT2D eigenvalue weighted by Gasteiger charge is -2.52. The topological polar surface area (TPSA) is 24.5 Å². The predicted octanol–water partition coefficient (Wildman–Crippen LogP) is 2.80. The molecule has 0 aromatic carbocycles. The Morgan fingerprint density at radius 1 is 1.26 bits per heavy atom. The van der Waals surface area contributed by atoms with Crippen molar-refractivity contribution in [3.63, 3.8) is 0 Å². The summed E-state index contributed by atoms with van der Waals surface area (Å²) in [7, 11) is 0. The molecule has 1 unspecified atom stereocenters. The first-order chi connectivity index (χ1) is 9.00. The molecule has 2 fully saturated rings. The summed E-state index contributed by atoms with van der Waals surface area (Å²) in [5.74, 6) is 0. The first kappa shape index (κ1) is 15.3. The van der Waals surface area contributed by atoms with Gasteiger partial charge in [0.2, 0.25) is 0 Å². The van der Waals surface area contributed by atoms with E-state index >= 15 is 0 Å². The Labute approximate surface area is 119 Å².